The lowest BCUT2D eigenvalue weighted by molar-refractivity contribution is 0.213. The molecule has 0 radical (unpaired) electrons. The van der Waals surface area contributed by atoms with Crippen LogP contribution in [0.2, 0.25) is 0 Å². The van der Waals surface area contributed by atoms with Crippen molar-refractivity contribution in [2.24, 2.45) is 11.5 Å². The zero-order chi connectivity index (χ0) is 30.0. The van der Waals surface area contributed by atoms with Gasteiger partial charge in [-0.15, -0.1) is 10.2 Å². The molecule has 10 nitrogen and oxygen atoms in total. The maximum atomic E-state index is 15.6. The number of primary amides is 1. The molecule has 42 heavy (non-hydrogen) atoms. The number of guanidine groups is 1. The summed E-state index contributed by atoms with van der Waals surface area (Å²) in [6.45, 7) is 3.00. The first kappa shape index (κ1) is 28.9. The molecule has 3 aromatic rings. The van der Waals surface area contributed by atoms with Crippen LogP contribution in [-0.4, -0.2) is 88.3 Å². The van der Waals surface area contributed by atoms with Gasteiger partial charge < -0.3 is 30.7 Å². The Kier molecular flexibility index (Phi) is 8.34. The van der Waals surface area contributed by atoms with Gasteiger partial charge in [0.05, 0.1) is 11.1 Å². The molecule has 0 spiro atoms. The van der Waals surface area contributed by atoms with E-state index in [-0.39, 0.29) is 17.1 Å². The number of rotatable bonds is 7. The summed E-state index contributed by atoms with van der Waals surface area (Å²) in [6.07, 6.45) is 5.07. The van der Waals surface area contributed by atoms with Crippen molar-refractivity contribution in [3.8, 4) is 22.8 Å². The number of carbonyl (C=O) groups is 1. The third kappa shape index (κ3) is 6.03. The molecule has 0 bridgehead atoms. The molecule has 2 aliphatic heterocycles. The minimum absolute atomic E-state index is 0.0217. The third-order valence-electron chi connectivity index (χ3n) is 7.75. The molecule has 220 valence electrons. The number of amides is 2. The van der Waals surface area contributed by atoms with Crippen molar-refractivity contribution in [3.63, 3.8) is 0 Å². The van der Waals surface area contributed by atoms with Crippen molar-refractivity contribution in [1.82, 2.24) is 29.5 Å². The summed E-state index contributed by atoms with van der Waals surface area (Å²) in [6, 6.07) is 9.52. The predicted molar refractivity (Wildman–Crippen MR) is 159 cm³/mol. The summed E-state index contributed by atoms with van der Waals surface area (Å²) < 4.78 is 33.0. The Labute approximate surface area is 243 Å². The van der Waals surface area contributed by atoms with Crippen LogP contribution < -0.4 is 11.5 Å². The number of hydrogen-bond donors (Lipinski definition) is 3. The molecule has 0 saturated carbocycles. The number of carbonyl (C=O) groups excluding carboxylic acids is 1. The van der Waals surface area contributed by atoms with Gasteiger partial charge in [-0.3, -0.25) is 5.41 Å². The second kappa shape index (κ2) is 12.1. The zero-order valence-corrected chi connectivity index (χ0v) is 23.8. The number of hydrogen-bond acceptors (Lipinski definition) is 5. The van der Waals surface area contributed by atoms with E-state index in [1.807, 2.05) is 43.3 Å². The van der Waals surface area contributed by atoms with Gasteiger partial charge in [-0.2, -0.15) is 0 Å². The Morgan fingerprint density at radius 2 is 1.38 bits per heavy atom. The van der Waals surface area contributed by atoms with Gasteiger partial charge in [0.1, 0.15) is 11.6 Å². The normalized spacial score (nSPS) is 15.5. The van der Waals surface area contributed by atoms with Gasteiger partial charge >= 0.3 is 6.03 Å². The van der Waals surface area contributed by atoms with E-state index in [1.165, 1.54) is 17.0 Å². The molecule has 5 N–H and O–H groups in total. The highest BCUT2D eigenvalue weighted by Gasteiger charge is 2.23. The molecule has 0 saturated heterocycles. The van der Waals surface area contributed by atoms with Crippen LogP contribution in [0.3, 0.4) is 0 Å². The van der Waals surface area contributed by atoms with Crippen LogP contribution in [0.25, 0.3) is 33.9 Å². The van der Waals surface area contributed by atoms with Gasteiger partial charge in [0.25, 0.3) is 0 Å². The largest absolute Gasteiger partial charge is 0.370 e. The Bertz CT molecular complexity index is 1470. The molecule has 5 rings (SSSR count). The van der Waals surface area contributed by atoms with E-state index in [9.17, 15) is 4.79 Å². The van der Waals surface area contributed by atoms with Crippen LogP contribution in [0, 0.1) is 17.0 Å². The summed E-state index contributed by atoms with van der Waals surface area (Å²) in [7, 11) is 3.85. The number of likely N-dealkylation sites (N-methyl/N-ethyl adjacent to an activating group) is 1. The van der Waals surface area contributed by atoms with Crippen LogP contribution in [0.1, 0.15) is 24.0 Å². The average molecular weight is 576 g/mol. The summed E-state index contributed by atoms with van der Waals surface area (Å²) in [5.41, 5.74) is 14.9. The molecule has 0 atom stereocenters. The maximum Gasteiger partial charge on any atom is 0.315 e. The van der Waals surface area contributed by atoms with Crippen LogP contribution in [-0.2, 0) is 6.54 Å². The molecule has 2 aromatic carbocycles. The van der Waals surface area contributed by atoms with Gasteiger partial charge in [-0.05, 0) is 73.5 Å². The van der Waals surface area contributed by atoms with Crippen LogP contribution in [0.5, 0.6) is 0 Å². The van der Waals surface area contributed by atoms with E-state index in [0.717, 1.165) is 22.3 Å². The predicted octanol–water partition coefficient (Wildman–Crippen LogP) is 3.60. The third-order valence-corrected chi connectivity index (χ3v) is 7.75. The smallest absolute Gasteiger partial charge is 0.315 e. The van der Waals surface area contributed by atoms with Gasteiger partial charge in [-0.1, -0.05) is 24.3 Å². The first-order valence-corrected chi connectivity index (χ1v) is 13.8. The maximum absolute atomic E-state index is 15.6. The highest BCUT2D eigenvalue weighted by Crippen LogP contribution is 2.32. The molecular weight excluding hydrogens is 540 g/mol. The second-order valence-corrected chi connectivity index (χ2v) is 10.8. The number of nitrogens with zero attached hydrogens (tertiary/aromatic N) is 6. The highest BCUT2D eigenvalue weighted by molar-refractivity contribution is 5.78. The van der Waals surface area contributed by atoms with E-state index >= 15 is 8.78 Å². The van der Waals surface area contributed by atoms with Crippen molar-refractivity contribution >= 4 is 23.1 Å². The highest BCUT2D eigenvalue weighted by atomic mass is 19.1. The first-order valence-electron chi connectivity index (χ1n) is 13.8. The van der Waals surface area contributed by atoms with E-state index in [2.05, 4.69) is 10.2 Å². The fraction of sp³-hybridized carbons (Fsp3) is 0.333. The van der Waals surface area contributed by atoms with Crippen molar-refractivity contribution in [2.45, 2.75) is 19.4 Å². The van der Waals surface area contributed by atoms with Crippen LogP contribution >= 0.6 is 0 Å². The molecule has 0 aliphatic carbocycles. The number of nitrogens with one attached hydrogen (secondary N) is 1. The summed E-state index contributed by atoms with van der Waals surface area (Å²) >= 11 is 0. The monoisotopic (exact) mass is 575 g/mol. The van der Waals surface area contributed by atoms with E-state index in [4.69, 9.17) is 16.9 Å². The van der Waals surface area contributed by atoms with Crippen LogP contribution in [0.15, 0.2) is 48.6 Å². The number of urea groups is 1. The Morgan fingerprint density at radius 1 is 0.881 bits per heavy atom. The zero-order valence-electron chi connectivity index (χ0n) is 23.8. The van der Waals surface area contributed by atoms with E-state index in [1.54, 1.807) is 21.6 Å². The molecule has 0 unspecified atom stereocenters. The van der Waals surface area contributed by atoms with E-state index in [0.29, 0.717) is 63.8 Å². The Hall–Kier alpha value is -4.58. The van der Waals surface area contributed by atoms with Crippen molar-refractivity contribution < 1.29 is 13.6 Å². The molecule has 3 heterocycles. The van der Waals surface area contributed by atoms with Gasteiger partial charge in [0, 0.05) is 39.3 Å². The number of aromatic nitrogens is 3. The first-order chi connectivity index (χ1) is 20.1. The van der Waals surface area contributed by atoms with Crippen molar-refractivity contribution in [3.05, 3.63) is 71.3 Å². The molecule has 0 fully saturated rings. The number of nitrogens with two attached hydrogens (primary N) is 2. The average Bonchev–Trinajstić information content (AvgIpc) is 3.39. The molecule has 2 amide bonds. The minimum Gasteiger partial charge on any atom is -0.370 e. The van der Waals surface area contributed by atoms with Crippen LogP contribution in [0.4, 0.5) is 13.6 Å². The number of benzene rings is 2. The quantitative estimate of drug-likeness (QED) is 0.291. The fourth-order valence-electron chi connectivity index (χ4n) is 5.29. The van der Waals surface area contributed by atoms with E-state index < -0.39 is 17.7 Å². The van der Waals surface area contributed by atoms with Gasteiger partial charge in [0.2, 0.25) is 0 Å². The number of halogens is 2. The molecule has 1 aromatic heterocycles. The lowest BCUT2D eigenvalue weighted by Crippen LogP contribution is -2.39. The lowest BCUT2D eigenvalue weighted by Gasteiger charge is -2.26. The lowest BCUT2D eigenvalue weighted by atomic mass is 9.97. The van der Waals surface area contributed by atoms with Crippen molar-refractivity contribution in [2.75, 3.05) is 46.8 Å². The fourth-order valence-corrected chi connectivity index (χ4v) is 5.29. The summed E-state index contributed by atoms with van der Waals surface area (Å²) in [4.78, 5) is 16.7. The summed E-state index contributed by atoms with van der Waals surface area (Å²) in [5.74, 6) is -0.251. The van der Waals surface area contributed by atoms with Crippen molar-refractivity contribution in [1.29, 1.82) is 5.41 Å². The topological polar surface area (TPSA) is 133 Å². The van der Waals surface area contributed by atoms with Gasteiger partial charge in [-0.25, -0.2) is 13.6 Å². The standard InChI is InChI=1S/C30H35F2N9O/c1-38(2)15-16-41-27(23-5-3-21(17-25(23)31)19-7-11-39(12-8-19)29(33)34)36-37-28(41)24-6-4-22(18-26(24)32)20-9-13-40(14-10-20)30(35)42/h3-7,9,17-18H,8,10-16H2,1-2H3,(H3,33,34)(H2,35,42). The molecule has 12 heteroatoms. The Morgan fingerprint density at radius 3 is 1.76 bits per heavy atom. The molecular formula is C30H35F2N9O. The minimum atomic E-state index is -0.474. The second-order valence-electron chi connectivity index (χ2n) is 10.8. The SMILES string of the molecule is CN(C)CCn1c(-c2ccc(C3=CCN(C(=N)N)CC3)cc2F)nnc1-c1ccc(C2=CCN(C(N)=O)CC2)cc1F. The van der Waals surface area contributed by atoms with Gasteiger partial charge in [0.15, 0.2) is 17.6 Å². The molecule has 2 aliphatic rings. The Balaban J connectivity index is 1.46. The summed E-state index contributed by atoms with van der Waals surface area (Å²) in [5, 5.41) is 16.2.